The van der Waals surface area contributed by atoms with Crippen LogP contribution < -0.4 is 5.32 Å². The van der Waals surface area contributed by atoms with Crippen LogP contribution in [0.5, 0.6) is 0 Å². The van der Waals surface area contributed by atoms with Crippen molar-refractivity contribution in [2.75, 3.05) is 5.32 Å². The summed E-state index contributed by atoms with van der Waals surface area (Å²) in [6.45, 7) is 5.96. The molecule has 0 radical (unpaired) electrons. The van der Waals surface area contributed by atoms with Crippen LogP contribution in [0.4, 0.5) is 5.69 Å². The van der Waals surface area contributed by atoms with E-state index in [1.54, 1.807) is 0 Å². The fourth-order valence-electron chi connectivity index (χ4n) is 1.24. The number of anilines is 1. The van der Waals surface area contributed by atoms with E-state index in [9.17, 15) is 0 Å². The first kappa shape index (κ1) is 10.6. The van der Waals surface area contributed by atoms with Crippen molar-refractivity contribution in [3.8, 4) is 6.07 Å². The number of nitrogens with one attached hydrogen (secondary N) is 1. The van der Waals surface area contributed by atoms with Gasteiger partial charge in [0.15, 0.2) is 0 Å². The fraction of sp³-hybridized carbons (Fsp3) is 0.417. The molecule has 0 fully saturated rings. The number of hydrogen-bond donors (Lipinski definition) is 1. The minimum absolute atomic E-state index is 0.464. The molecule has 1 aromatic carbocycles. The summed E-state index contributed by atoms with van der Waals surface area (Å²) in [4.78, 5) is 0. The summed E-state index contributed by atoms with van der Waals surface area (Å²) >= 11 is 0. The molecule has 1 rings (SSSR count). The summed E-state index contributed by atoms with van der Waals surface area (Å²) < 4.78 is 0. The van der Waals surface area contributed by atoms with Crippen LogP contribution in [0.2, 0.25) is 0 Å². The Labute approximate surface area is 85.6 Å². The molecule has 1 N–H and O–H groups in total. The Morgan fingerprint density at radius 1 is 1.50 bits per heavy atom. The molecule has 0 saturated carbocycles. The molecule has 0 aliphatic rings. The van der Waals surface area contributed by atoms with Crippen molar-refractivity contribution in [3.05, 3.63) is 29.8 Å². The van der Waals surface area contributed by atoms with Gasteiger partial charge in [-0.1, -0.05) is 19.1 Å². The lowest BCUT2D eigenvalue weighted by molar-refractivity contribution is 0.626. The zero-order valence-corrected chi connectivity index (χ0v) is 8.96. The van der Waals surface area contributed by atoms with Crippen LogP contribution in [0.1, 0.15) is 25.8 Å². The van der Waals surface area contributed by atoms with E-state index >= 15 is 0 Å². The molecule has 74 valence electrons. The Morgan fingerprint density at radius 2 is 2.21 bits per heavy atom. The number of hydrogen-bond acceptors (Lipinski definition) is 2. The predicted molar refractivity (Wildman–Crippen MR) is 59.1 cm³/mol. The average Bonchev–Trinajstić information content (AvgIpc) is 2.18. The molecular weight excluding hydrogens is 172 g/mol. The molecule has 14 heavy (non-hydrogen) atoms. The van der Waals surface area contributed by atoms with E-state index in [-0.39, 0.29) is 0 Å². The van der Waals surface area contributed by atoms with E-state index in [1.165, 1.54) is 5.56 Å². The summed E-state index contributed by atoms with van der Waals surface area (Å²) in [6, 6.07) is 10.3. The molecule has 0 heterocycles. The lowest BCUT2D eigenvalue weighted by Gasteiger charge is -2.22. The van der Waals surface area contributed by atoms with Gasteiger partial charge in [-0.2, -0.15) is 5.26 Å². The molecule has 0 spiro atoms. The summed E-state index contributed by atoms with van der Waals surface area (Å²) in [5, 5.41) is 12.2. The van der Waals surface area contributed by atoms with Gasteiger partial charge in [0.05, 0.1) is 6.07 Å². The minimum Gasteiger partial charge on any atom is -0.368 e. The van der Waals surface area contributed by atoms with Crippen LogP contribution in [0.25, 0.3) is 0 Å². The van der Waals surface area contributed by atoms with Crippen LogP contribution in [0, 0.1) is 18.3 Å². The number of rotatable bonds is 3. The van der Waals surface area contributed by atoms with E-state index < -0.39 is 5.54 Å². The summed E-state index contributed by atoms with van der Waals surface area (Å²) in [5.74, 6) is 0. The third kappa shape index (κ3) is 2.50. The molecular formula is C12H16N2. The van der Waals surface area contributed by atoms with Gasteiger partial charge in [-0.25, -0.2) is 0 Å². The number of nitriles is 1. The standard InChI is InChI=1S/C12H16N2/c1-4-12(3,9-13)14-11-7-5-6-10(2)8-11/h5-8,14H,4H2,1-3H3. The van der Waals surface area contributed by atoms with Crippen molar-refractivity contribution >= 4 is 5.69 Å². The van der Waals surface area contributed by atoms with Gasteiger partial charge in [0, 0.05) is 5.69 Å². The maximum Gasteiger partial charge on any atom is 0.122 e. The van der Waals surface area contributed by atoms with Gasteiger partial charge in [0.2, 0.25) is 0 Å². The van der Waals surface area contributed by atoms with Crippen LogP contribution in [-0.2, 0) is 0 Å². The Hall–Kier alpha value is -1.49. The highest BCUT2D eigenvalue weighted by Crippen LogP contribution is 2.18. The molecule has 0 saturated heterocycles. The van der Waals surface area contributed by atoms with Crippen LogP contribution in [0.3, 0.4) is 0 Å². The lowest BCUT2D eigenvalue weighted by atomic mass is 10.0. The molecule has 0 aromatic heterocycles. The van der Waals surface area contributed by atoms with Crippen molar-refractivity contribution in [3.63, 3.8) is 0 Å². The first-order chi connectivity index (χ1) is 6.59. The number of nitrogens with zero attached hydrogens (tertiary/aromatic N) is 1. The van der Waals surface area contributed by atoms with Gasteiger partial charge in [0.1, 0.15) is 5.54 Å². The van der Waals surface area contributed by atoms with E-state index in [1.807, 2.05) is 45.0 Å². The molecule has 0 amide bonds. The number of aryl methyl sites for hydroxylation is 1. The lowest BCUT2D eigenvalue weighted by Crippen LogP contribution is -2.31. The highest BCUT2D eigenvalue weighted by Gasteiger charge is 2.20. The van der Waals surface area contributed by atoms with Crippen LogP contribution in [0.15, 0.2) is 24.3 Å². The van der Waals surface area contributed by atoms with E-state index in [0.717, 1.165) is 12.1 Å². The minimum atomic E-state index is -0.464. The van der Waals surface area contributed by atoms with Crippen LogP contribution in [-0.4, -0.2) is 5.54 Å². The smallest absolute Gasteiger partial charge is 0.122 e. The average molecular weight is 188 g/mol. The van der Waals surface area contributed by atoms with Crippen molar-refractivity contribution < 1.29 is 0 Å². The second kappa shape index (κ2) is 4.15. The van der Waals surface area contributed by atoms with E-state index in [4.69, 9.17) is 5.26 Å². The second-order valence-electron chi connectivity index (χ2n) is 3.79. The van der Waals surface area contributed by atoms with Gasteiger partial charge in [-0.15, -0.1) is 0 Å². The molecule has 1 aromatic rings. The van der Waals surface area contributed by atoms with Gasteiger partial charge in [-0.3, -0.25) is 0 Å². The largest absolute Gasteiger partial charge is 0.368 e. The molecule has 0 aliphatic heterocycles. The molecule has 0 bridgehead atoms. The second-order valence-corrected chi connectivity index (χ2v) is 3.79. The Kier molecular flexibility index (Phi) is 3.14. The predicted octanol–water partition coefficient (Wildman–Crippen LogP) is 3.10. The highest BCUT2D eigenvalue weighted by atomic mass is 15.0. The molecule has 0 aliphatic carbocycles. The SMILES string of the molecule is CCC(C)(C#N)Nc1cccc(C)c1. The maximum absolute atomic E-state index is 9.00. The first-order valence-electron chi connectivity index (χ1n) is 4.86. The van der Waals surface area contributed by atoms with E-state index in [0.29, 0.717) is 0 Å². The topological polar surface area (TPSA) is 35.8 Å². The molecule has 2 nitrogen and oxygen atoms in total. The quantitative estimate of drug-likeness (QED) is 0.791. The summed E-state index contributed by atoms with van der Waals surface area (Å²) in [5.41, 5.74) is 1.75. The first-order valence-corrected chi connectivity index (χ1v) is 4.86. The van der Waals surface area contributed by atoms with Crippen molar-refractivity contribution in [1.29, 1.82) is 5.26 Å². The van der Waals surface area contributed by atoms with Gasteiger partial charge in [-0.05, 0) is 38.0 Å². The van der Waals surface area contributed by atoms with Crippen LogP contribution >= 0.6 is 0 Å². The zero-order chi connectivity index (χ0) is 10.6. The van der Waals surface area contributed by atoms with Crippen molar-refractivity contribution in [1.82, 2.24) is 0 Å². The zero-order valence-electron chi connectivity index (χ0n) is 8.96. The summed E-state index contributed by atoms with van der Waals surface area (Å²) in [7, 11) is 0. The summed E-state index contributed by atoms with van der Waals surface area (Å²) in [6.07, 6.45) is 0.789. The van der Waals surface area contributed by atoms with Crippen molar-refractivity contribution in [2.24, 2.45) is 0 Å². The normalized spacial score (nSPS) is 14.1. The maximum atomic E-state index is 9.00. The highest BCUT2D eigenvalue weighted by molar-refractivity contribution is 5.49. The van der Waals surface area contributed by atoms with Crippen molar-refractivity contribution in [2.45, 2.75) is 32.7 Å². The Bertz CT molecular complexity index is 352. The fourth-order valence-corrected chi connectivity index (χ4v) is 1.24. The van der Waals surface area contributed by atoms with Gasteiger partial charge >= 0.3 is 0 Å². The van der Waals surface area contributed by atoms with E-state index in [2.05, 4.69) is 11.4 Å². The third-order valence-electron chi connectivity index (χ3n) is 2.39. The number of benzene rings is 1. The Balaban J connectivity index is 2.84. The molecule has 2 heteroatoms. The third-order valence-corrected chi connectivity index (χ3v) is 2.39. The molecule has 1 atom stereocenters. The molecule has 1 unspecified atom stereocenters. The monoisotopic (exact) mass is 188 g/mol. The van der Waals surface area contributed by atoms with Gasteiger partial charge < -0.3 is 5.32 Å². The Morgan fingerprint density at radius 3 is 2.71 bits per heavy atom. The van der Waals surface area contributed by atoms with Gasteiger partial charge in [0.25, 0.3) is 0 Å².